The van der Waals surface area contributed by atoms with Crippen LogP contribution in [-0.2, 0) is 9.47 Å². The molecule has 2 fully saturated rings. The minimum Gasteiger partial charge on any atom is -0.381 e. The third-order valence-corrected chi connectivity index (χ3v) is 4.05. The predicted molar refractivity (Wildman–Crippen MR) is 68.0 cm³/mol. The number of ether oxygens (including phenoxy) is 2. The molecule has 0 radical (unpaired) electrons. The molecule has 100 valence electrons. The largest absolute Gasteiger partial charge is 0.381 e. The SMILES string of the molecule is CN(CC1CCCOC1)CC1(CN)CCOC1. The van der Waals surface area contributed by atoms with Gasteiger partial charge in [0.15, 0.2) is 0 Å². The maximum absolute atomic E-state index is 5.92. The number of nitrogens with two attached hydrogens (primary N) is 1. The zero-order valence-corrected chi connectivity index (χ0v) is 11.0. The van der Waals surface area contributed by atoms with Gasteiger partial charge >= 0.3 is 0 Å². The van der Waals surface area contributed by atoms with E-state index in [1.807, 2.05) is 0 Å². The van der Waals surface area contributed by atoms with Crippen LogP contribution in [0.3, 0.4) is 0 Å². The molecule has 2 saturated heterocycles. The van der Waals surface area contributed by atoms with Crippen molar-refractivity contribution in [3.8, 4) is 0 Å². The van der Waals surface area contributed by atoms with E-state index >= 15 is 0 Å². The Morgan fingerprint density at radius 3 is 2.82 bits per heavy atom. The predicted octanol–water partition coefficient (Wildman–Crippen LogP) is 0.710. The van der Waals surface area contributed by atoms with Crippen LogP contribution in [0.25, 0.3) is 0 Å². The van der Waals surface area contributed by atoms with Crippen LogP contribution in [-0.4, -0.2) is 58.0 Å². The smallest absolute Gasteiger partial charge is 0.0547 e. The number of nitrogens with zero attached hydrogens (tertiary/aromatic N) is 1. The van der Waals surface area contributed by atoms with Crippen molar-refractivity contribution >= 4 is 0 Å². The van der Waals surface area contributed by atoms with Gasteiger partial charge in [0.05, 0.1) is 13.2 Å². The van der Waals surface area contributed by atoms with Crippen molar-refractivity contribution in [3.63, 3.8) is 0 Å². The summed E-state index contributed by atoms with van der Waals surface area (Å²) in [5.74, 6) is 0.700. The molecule has 4 nitrogen and oxygen atoms in total. The molecule has 0 spiro atoms. The van der Waals surface area contributed by atoms with Gasteiger partial charge in [-0.15, -0.1) is 0 Å². The lowest BCUT2D eigenvalue weighted by molar-refractivity contribution is 0.0346. The lowest BCUT2D eigenvalue weighted by Gasteiger charge is -2.33. The fourth-order valence-corrected chi connectivity index (χ4v) is 3.03. The highest BCUT2D eigenvalue weighted by molar-refractivity contribution is 4.87. The van der Waals surface area contributed by atoms with Gasteiger partial charge in [-0.25, -0.2) is 0 Å². The van der Waals surface area contributed by atoms with E-state index in [0.717, 1.165) is 52.5 Å². The van der Waals surface area contributed by atoms with Gasteiger partial charge in [-0.2, -0.15) is 0 Å². The standard InChI is InChI=1S/C13H26N2O2/c1-15(7-12-3-2-5-16-8-12)10-13(9-14)4-6-17-11-13/h12H,2-11,14H2,1H3. The monoisotopic (exact) mass is 242 g/mol. The Hall–Kier alpha value is -0.160. The molecule has 0 saturated carbocycles. The summed E-state index contributed by atoms with van der Waals surface area (Å²) >= 11 is 0. The van der Waals surface area contributed by atoms with E-state index < -0.39 is 0 Å². The fraction of sp³-hybridized carbons (Fsp3) is 1.00. The zero-order valence-electron chi connectivity index (χ0n) is 11.0. The molecule has 2 aliphatic rings. The van der Waals surface area contributed by atoms with Crippen LogP contribution in [0.5, 0.6) is 0 Å². The van der Waals surface area contributed by atoms with E-state index in [0.29, 0.717) is 5.92 Å². The summed E-state index contributed by atoms with van der Waals surface area (Å²) in [6.07, 6.45) is 3.62. The highest BCUT2D eigenvalue weighted by Gasteiger charge is 2.35. The van der Waals surface area contributed by atoms with E-state index in [-0.39, 0.29) is 5.41 Å². The van der Waals surface area contributed by atoms with E-state index in [2.05, 4.69) is 11.9 Å². The van der Waals surface area contributed by atoms with Gasteiger partial charge in [0, 0.05) is 38.3 Å². The summed E-state index contributed by atoms with van der Waals surface area (Å²) < 4.78 is 11.0. The van der Waals surface area contributed by atoms with Crippen LogP contribution < -0.4 is 5.73 Å². The topological polar surface area (TPSA) is 47.7 Å². The molecule has 17 heavy (non-hydrogen) atoms. The van der Waals surface area contributed by atoms with E-state index in [9.17, 15) is 0 Å². The van der Waals surface area contributed by atoms with Crippen molar-refractivity contribution in [2.45, 2.75) is 19.3 Å². The second-order valence-electron chi connectivity index (χ2n) is 5.79. The van der Waals surface area contributed by atoms with Crippen LogP contribution in [0.15, 0.2) is 0 Å². The Kier molecular flexibility index (Phi) is 4.79. The first-order valence-corrected chi connectivity index (χ1v) is 6.78. The average Bonchev–Trinajstić information content (AvgIpc) is 2.79. The van der Waals surface area contributed by atoms with Crippen molar-refractivity contribution in [1.29, 1.82) is 0 Å². The van der Waals surface area contributed by atoms with Gasteiger partial charge in [-0.05, 0) is 32.2 Å². The highest BCUT2D eigenvalue weighted by atomic mass is 16.5. The molecule has 0 aromatic carbocycles. The van der Waals surface area contributed by atoms with Crippen LogP contribution in [0.2, 0.25) is 0 Å². The lowest BCUT2D eigenvalue weighted by atomic mass is 9.86. The van der Waals surface area contributed by atoms with Crippen LogP contribution in [0, 0.1) is 11.3 Å². The minimum absolute atomic E-state index is 0.199. The van der Waals surface area contributed by atoms with Crippen LogP contribution in [0.1, 0.15) is 19.3 Å². The van der Waals surface area contributed by atoms with Crippen molar-refractivity contribution in [3.05, 3.63) is 0 Å². The third-order valence-electron chi connectivity index (χ3n) is 4.05. The minimum atomic E-state index is 0.199. The maximum atomic E-state index is 5.92. The quantitative estimate of drug-likeness (QED) is 0.771. The third kappa shape index (κ3) is 3.65. The van der Waals surface area contributed by atoms with Crippen molar-refractivity contribution < 1.29 is 9.47 Å². The van der Waals surface area contributed by atoms with Crippen LogP contribution in [0.4, 0.5) is 0 Å². The van der Waals surface area contributed by atoms with Crippen LogP contribution >= 0.6 is 0 Å². The van der Waals surface area contributed by atoms with Crippen molar-refractivity contribution in [2.75, 3.05) is 53.1 Å². The van der Waals surface area contributed by atoms with E-state index in [1.165, 1.54) is 12.8 Å². The first-order valence-electron chi connectivity index (χ1n) is 6.78. The molecule has 0 amide bonds. The van der Waals surface area contributed by atoms with Gasteiger partial charge in [-0.1, -0.05) is 0 Å². The molecule has 0 aliphatic carbocycles. The van der Waals surface area contributed by atoms with E-state index in [4.69, 9.17) is 15.2 Å². The summed E-state index contributed by atoms with van der Waals surface area (Å²) in [4.78, 5) is 2.42. The zero-order chi connectivity index (χ0) is 12.1. The number of hydrogen-bond acceptors (Lipinski definition) is 4. The first kappa shape index (κ1) is 13.3. The Balaban J connectivity index is 1.77. The Morgan fingerprint density at radius 2 is 2.24 bits per heavy atom. The van der Waals surface area contributed by atoms with Gasteiger partial charge in [0.2, 0.25) is 0 Å². The molecule has 0 bridgehead atoms. The Labute approximate surface area is 104 Å². The molecular formula is C13H26N2O2. The van der Waals surface area contributed by atoms with E-state index in [1.54, 1.807) is 0 Å². The normalized spacial score (nSPS) is 34.4. The summed E-state index contributed by atoms with van der Waals surface area (Å²) in [5, 5.41) is 0. The molecule has 2 unspecified atom stereocenters. The lowest BCUT2D eigenvalue weighted by Crippen LogP contribution is -2.43. The second kappa shape index (κ2) is 6.14. The molecule has 0 aromatic rings. The molecule has 2 rings (SSSR count). The molecule has 4 heteroatoms. The summed E-state index contributed by atoms with van der Waals surface area (Å²) in [6.45, 7) is 6.49. The first-order chi connectivity index (χ1) is 8.24. The van der Waals surface area contributed by atoms with Gasteiger partial charge in [0.1, 0.15) is 0 Å². The number of hydrogen-bond donors (Lipinski definition) is 1. The summed E-state index contributed by atoms with van der Waals surface area (Å²) in [7, 11) is 2.20. The summed E-state index contributed by atoms with van der Waals surface area (Å²) in [5.41, 5.74) is 6.12. The molecule has 2 atom stereocenters. The van der Waals surface area contributed by atoms with Crippen molar-refractivity contribution in [1.82, 2.24) is 4.90 Å². The fourth-order valence-electron chi connectivity index (χ4n) is 3.03. The van der Waals surface area contributed by atoms with Crippen molar-refractivity contribution in [2.24, 2.45) is 17.1 Å². The maximum Gasteiger partial charge on any atom is 0.0547 e. The Bertz CT molecular complexity index is 223. The molecule has 0 aromatic heterocycles. The molecular weight excluding hydrogens is 216 g/mol. The molecule has 2 N–H and O–H groups in total. The molecule has 2 heterocycles. The van der Waals surface area contributed by atoms with Gasteiger partial charge < -0.3 is 20.1 Å². The molecule has 2 aliphatic heterocycles. The second-order valence-corrected chi connectivity index (χ2v) is 5.79. The average molecular weight is 242 g/mol. The highest BCUT2D eigenvalue weighted by Crippen LogP contribution is 2.28. The summed E-state index contributed by atoms with van der Waals surface area (Å²) in [6, 6.07) is 0. The van der Waals surface area contributed by atoms with Gasteiger partial charge in [-0.3, -0.25) is 0 Å². The Morgan fingerprint density at radius 1 is 1.35 bits per heavy atom. The number of rotatable bonds is 5. The van der Waals surface area contributed by atoms with Gasteiger partial charge in [0.25, 0.3) is 0 Å².